The van der Waals surface area contributed by atoms with Gasteiger partial charge in [-0.25, -0.2) is 4.79 Å². The minimum absolute atomic E-state index is 0.352. The predicted molar refractivity (Wildman–Crippen MR) is 64.4 cm³/mol. The van der Waals surface area contributed by atoms with Crippen molar-refractivity contribution < 1.29 is 9.53 Å². The van der Waals surface area contributed by atoms with Gasteiger partial charge in [0.15, 0.2) is 0 Å². The number of esters is 1. The lowest BCUT2D eigenvalue weighted by molar-refractivity contribution is 0.0601. The van der Waals surface area contributed by atoms with Crippen molar-refractivity contribution in [3.8, 4) is 11.3 Å². The first-order valence-electron chi connectivity index (χ1n) is 5.09. The van der Waals surface area contributed by atoms with E-state index < -0.39 is 0 Å². The van der Waals surface area contributed by atoms with Gasteiger partial charge in [-0.15, -0.1) is 0 Å². The number of nitrogens with zero attached hydrogens (tertiary/aromatic N) is 2. The second-order valence-electron chi connectivity index (χ2n) is 3.64. The molecule has 0 aliphatic heterocycles. The zero-order chi connectivity index (χ0) is 12.4. The molecule has 1 heterocycles. The summed E-state index contributed by atoms with van der Waals surface area (Å²) in [4.78, 5) is 11.3. The Balaban J connectivity index is 2.39. The summed E-state index contributed by atoms with van der Waals surface area (Å²) in [6.07, 6.45) is 1.60. The van der Waals surface area contributed by atoms with Crippen LogP contribution < -0.4 is 5.73 Å². The zero-order valence-electron chi connectivity index (χ0n) is 9.68. The van der Waals surface area contributed by atoms with E-state index in [-0.39, 0.29) is 5.97 Å². The Bertz CT molecular complexity index is 524. The first-order valence-corrected chi connectivity index (χ1v) is 5.09. The second-order valence-corrected chi connectivity index (χ2v) is 3.64. The maximum atomic E-state index is 11.3. The molecule has 0 saturated carbocycles. The van der Waals surface area contributed by atoms with Gasteiger partial charge < -0.3 is 10.5 Å². The van der Waals surface area contributed by atoms with Crippen molar-refractivity contribution >= 4 is 11.7 Å². The van der Waals surface area contributed by atoms with Crippen LogP contribution in [-0.4, -0.2) is 22.9 Å². The van der Waals surface area contributed by atoms with Crippen LogP contribution in [0.3, 0.4) is 0 Å². The number of methoxy groups -OCH3 is 1. The SMILES string of the molecule is COC(=O)c1ccc(-c2c(N)cnn2C)cc1. The molecule has 17 heavy (non-hydrogen) atoms. The Morgan fingerprint density at radius 2 is 2.00 bits per heavy atom. The summed E-state index contributed by atoms with van der Waals surface area (Å²) in [7, 11) is 3.18. The van der Waals surface area contributed by atoms with Crippen molar-refractivity contribution in [1.29, 1.82) is 0 Å². The molecule has 0 spiro atoms. The number of anilines is 1. The molecule has 2 N–H and O–H groups in total. The normalized spacial score (nSPS) is 10.2. The number of nitrogens with two attached hydrogens (primary N) is 1. The molecule has 0 saturated heterocycles. The van der Waals surface area contributed by atoms with E-state index in [0.717, 1.165) is 11.3 Å². The number of ether oxygens (including phenoxy) is 1. The van der Waals surface area contributed by atoms with E-state index in [9.17, 15) is 4.79 Å². The van der Waals surface area contributed by atoms with Gasteiger partial charge in [0.05, 0.1) is 30.3 Å². The fraction of sp³-hybridized carbons (Fsp3) is 0.167. The summed E-state index contributed by atoms with van der Waals surface area (Å²) >= 11 is 0. The van der Waals surface area contributed by atoms with E-state index in [1.54, 1.807) is 23.0 Å². The third-order valence-electron chi connectivity index (χ3n) is 2.55. The minimum atomic E-state index is -0.352. The van der Waals surface area contributed by atoms with E-state index in [0.29, 0.717) is 11.3 Å². The second kappa shape index (κ2) is 4.29. The number of benzene rings is 1. The number of rotatable bonds is 2. The Kier molecular flexibility index (Phi) is 2.82. The molecule has 0 radical (unpaired) electrons. The van der Waals surface area contributed by atoms with Crippen LogP contribution in [0.25, 0.3) is 11.3 Å². The number of carbonyl (C=O) groups excluding carboxylic acids is 1. The molecule has 0 aliphatic carbocycles. The lowest BCUT2D eigenvalue weighted by Crippen LogP contribution is -2.01. The standard InChI is InChI=1S/C12H13N3O2/c1-15-11(10(13)7-14-15)8-3-5-9(6-4-8)12(16)17-2/h3-7H,13H2,1-2H3. The quantitative estimate of drug-likeness (QED) is 0.794. The first kappa shape index (κ1) is 11.2. The molecule has 2 rings (SSSR count). The fourth-order valence-corrected chi connectivity index (χ4v) is 1.69. The molecule has 1 aromatic carbocycles. The predicted octanol–water partition coefficient (Wildman–Crippen LogP) is 1.46. The third-order valence-corrected chi connectivity index (χ3v) is 2.55. The molecule has 0 aliphatic rings. The van der Waals surface area contributed by atoms with Crippen molar-refractivity contribution in [2.45, 2.75) is 0 Å². The van der Waals surface area contributed by atoms with Crippen LogP contribution in [0, 0.1) is 0 Å². The van der Waals surface area contributed by atoms with Crippen molar-refractivity contribution in [2.75, 3.05) is 12.8 Å². The zero-order valence-corrected chi connectivity index (χ0v) is 9.68. The van der Waals surface area contributed by atoms with Crippen LogP contribution in [-0.2, 0) is 11.8 Å². The Hall–Kier alpha value is -2.30. The average molecular weight is 231 g/mol. The summed E-state index contributed by atoms with van der Waals surface area (Å²) < 4.78 is 6.33. The van der Waals surface area contributed by atoms with Gasteiger partial charge in [-0.2, -0.15) is 5.10 Å². The number of aromatic nitrogens is 2. The molecule has 5 nitrogen and oxygen atoms in total. The van der Waals surface area contributed by atoms with Crippen molar-refractivity contribution in [1.82, 2.24) is 9.78 Å². The molecular formula is C12H13N3O2. The topological polar surface area (TPSA) is 70.1 Å². The Morgan fingerprint density at radius 3 is 2.47 bits per heavy atom. The third kappa shape index (κ3) is 1.99. The van der Waals surface area contributed by atoms with Gasteiger partial charge in [-0.05, 0) is 12.1 Å². The summed E-state index contributed by atoms with van der Waals surface area (Å²) in [6.45, 7) is 0. The number of hydrogen-bond acceptors (Lipinski definition) is 4. The van der Waals surface area contributed by atoms with E-state index in [1.807, 2.05) is 19.2 Å². The molecule has 0 bridgehead atoms. The monoisotopic (exact) mass is 231 g/mol. The molecule has 0 atom stereocenters. The minimum Gasteiger partial charge on any atom is -0.465 e. The molecule has 2 aromatic rings. The summed E-state index contributed by atoms with van der Waals surface area (Å²) in [6, 6.07) is 7.04. The van der Waals surface area contributed by atoms with Crippen LogP contribution in [0.15, 0.2) is 30.5 Å². The van der Waals surface area contributed by atoms with Crippen LogP contribution in [0.1, 0.15) is 10.4 Å². The molecule has 5 heteroatoms. The van der Waals surface area contributed by atoms with Gasteiger partial charge in [-0.1, -0.05) is 12.1 Å². The molecule has 0 amide bonds. The van der Waals surface area contributed by atoms with Crippen LogP contribution in [0.5, 0.6) is 0 Å². The van der Waals surface area contributed by atoms with Gasteiger partial charge in [-0.3, -0.25) is 4.68 Å². The van der Waals surface area contributed by atoms with Gasteiger partial charge in [0.1, 0.15) is 0 Å². The first-order chi connectivity index (χ1) is 8.13. The van der Waals surface area contributed by atoms with Gasteiger partial charge in [0.2, 0.25) is 0 Å². The smallest absolute Gasteiger partial charge is 0.337 e. The lowest BCUT2D eigenvalue weighted by atomic mass is 10.1. The summed E-state index contributed by atoms with van der Waals surface area (Å²) in [5.74, 6) is -0.352. The van der Waals surface area contributed by atoms with Crippen LogP contribution >= 0.6 is 0 Å². The van der Waals surface area contributed by atoms with E-state index in [1.165, 1.54) is 7.11 Å². The van der Waals surface area contributed by atoms with Crippen molar-refractivity contribution in [3.05, 3.63) is 36.0 Å². The van der Waals surface area contributed by atoms with Crippen molar-refractivity contribution in [3.63, 3.8) is 0 Å². The molecule has 88 valence electrons. The van der Waals surface area contributed by atoms with Gasteiger partial charge in [0, 0.05) is 12.6 Å². The molecular weight excluding hydrogens is 218 g/mol. The highest BCUT2D eigenvalue weighted by atomic mass is 16.5. The molecule has 0 fully saturated rings. The number of nitrogen functional groups attached to an aromatic ring is 1. The highest BCUT2D eigenvalue weighted by Gasteiger charge is 2.10. The van der Waals surface area contributed by atoms with E-state index >= 15 is 0 Å². The van der Waals surface area contributed by atoms with Gasteiger partial charge >= 0.3 is 5.97 Å². The highest BCUT2D eigenvalue weighted by molar-refractivity contribution is 5.90. The van der Waals surface area contributed by atoms with Crippen LogP contribution in [0.2, 0.25) is 0 Å². The Morgan fingerprint density at radius 1 is 1.35 bits per heavy atom. The fourth-order valence-electron chi connectivity index (χ4n) is 1.69. The maximum absolute atomic E-state index is 11.3. The maximum Gasteiger partial charge on any atom is 0.337 e. The summed E-state index contributed by atoms with van der Waals surface area (Å²) in [5, 5.41) is 4.07. The largest absolute Gasteiger partial charge is 0.465 e. The van der Waals surface area contributed by atoms with E-state index in [2.05, 4.69) is 9.84 Å². The number of carbonyl (C=O) groups is 1. The van der Waals surface area contributed by atoms with Crippen molar-refractivity contribution in [2.24, 2.45) is 7.05 Å². The summed E-state index contributed by atoms with van der Waals surface area (Å²) in [5.41, 5.74) is 8.69. The highest BCUT2D eigenvalue weighted by Crippen LogP contribution is 2.25. The van der Waals surface area contributed by atoms with Gasteiger partial charge in [0.25, 0.3) is 0 Å². The number of hydrogen-bond donors (Lipinski definition) is 1. The van der Waals surface area contributed by atoms with E-state index in [4.69, 9.17) is 5.73 Å². The van der Waals surface area contributed by atoms with Crippen LogP contribution in [0.4, 0.5) is 5.69 Å². The molecule has 0 unspecified atom stereocenters. The molecule has 1 aromatic heterocycles. The lowest BCUT2D eigenvalue weighted by Gasteiger charge is -2.05. The Labute approximate surface area is 98.8 Å². The average Bonchev–Trinajstić information content (AvgIpc) is 2.68. The number of aryl methyl sites for hydroxylation is 1.